The zero-order valence-electron chi connectivity index (χ0n) is 63.3. The summed E-state index contributed by atoms with van der Waals surface area (Å²) in [4.78, 5) is 83.1. The number of rotatable bonds is 9. The molecular weight excluding hydrogens is 1650 g/mol. The molecule has 117 heavy (non-hydrogen) atoms. The van der Waals surface area contributed by atoms with Crippen LogP contribution in [0.5, 0.6) is 0 Å². The van der Waals surface area contributed by atoms with E-state index in [9.17, 15) is 14.4 Å². The number of carbonyl (C=O) groups is 3. The summed E-state index contributed by atoms with van der Waals surface area (Å²) in [5.74, 6) is 1.39. The molecule has 8 N–H and O–H groups in total. The zero-order valence-corrected chi connectivity index (χ0v) is 68.5. The molecule has 18 rings (SSSR count). The number of nitrogens with two attached hydrogens (primary N) is 3. The van der Waals surface area contributed by atoms with Gasteiger partial charge in [0.25, 0.3) is 0 Å². The lowest BCUT2D eigenvalue weighted by atomic mass is 10.1. The first kappa shape index (κ1) is 85.3. The van der Waals surface area contributed by atoms with Gasteiger partial charge in [-0.15, -0.1) is 0 Å². The van der Waals surface area contributed by atoms with Crippen LogP contribution in [0.1, 0.15) is 102 Å². The molecule has 3 aliphatic heterocycles. The van der Waals surface area contributed by atoms with Gasteiger partial charge < -0.3 is 87.5 Å². The number of pyridine rings is 7. The average Bonchev–Trinajstić information content (AvgIpc) is 1.75. The molecule has 3 atom stereocenters. The van der Waals surface area contributed by atoms with Crippen molar-refractivity contribution in [2.75, 3.05) is 100 Å². The Hall–Kier alpha value is -11.1. The Morgan fingerprint density at radius 2 is 0.872 bits per heavy atom. The number of hydrogen-bond donors (Lipinski definition) is 5. The van der Waals surface area contributed by atoms with E-state index in [0.29, 0.717) is 80.5 Å². The zero-order chi connectivity index (χ0) is 82.8. The predicted molar refractivity (Wildman–Crippen MR) is 448 cm³/mol. The lowest BCUT2D eigenvalue weighted by molar-refractivity contribution is 0.0592. The van der Waals surface area contributed by atoms with Gasteiger partial charge in [0.05, 0.1) is 105 Å². The van der Waals surface area contributed by atoms with Crippen LogP contribution in [-0.4, -0.2) is 178 Å². The maximum atomic E-state index is 11.3. The highest BCUT2D eigenvalue weighted by molar-refractivity contribution is 6.35. The highest BCUT2D eigenvalue weighted by atomic mass is 35.5. The van der Waals surface area contributed by atoms with E-state index in [-0.39, 0.29) is 53.0 Å². The second-order valence-corrected chi connectivity index (χ2v) is 29.0. The molecule has 32 nitrogen and oxygen atoms in total. The van der Waals surface area contributed by atoms with Crippen LogP contribution in [0.4, 0.5) is 29.4 Å². The van der Waals surface area contributed by atoms with Gasteiger partial charge in [-0.25, -0.2) is 54.4 Å². The SMILES string of the molecule is COC(=O)c1cc(N)ncc1Cl.COC(=O)c1cc2nccn2cc1Cl.Cc1cc(N2CCCOCC2c2cc3nccn3cc2Cl)nc(N)n1.Cc1cc(N2CCCOCC2c2cc3nccn3cc2Cl)nc(N)n1.Clc1cn2ccnc2cc1C1COCCCN1.O=Cc1cc2nccn2cc1Cl.OCc1cc2nccn2cc1Cl. The van der Waals surface area contributed by atoms with E-state index in [4.69, 9.17) is 118 Å². The first-order valence-electron chi connectivity index (χ1n) is 36.1. The molecule has 0 bridgehead atoms. The van der Waals surface area contributed by atoms with Gasteiger partial charge >= 0.3 is 11.9 Å². The monoisotopic (exact) mass is 1730 g/mol. The smallest absolute Gasteiger partial charge is 0.339 e. The number of hydrogen-bond acceptors (Lipinski definition) is 26. The number of nitrogen functional groups attached to an aromatic ring is 3. The van der Waals surface area contributed by atoms with Gasteiger partial charge in [-0.2, -0.15) is 9.97 Å². The minimum atomic E-state index is -0.519. The molecule has 3 fully saturated rings. The number of ether oxygens (including phenoxy) is 5. The van der Waals surface area contributed by atoms with Crippen molar-refractivity contribution in [3.63, 3.8) is 0 Å². The van der Waals surface area contributed by atoms with Crippen LogP contribution in [-0.2, 0) is 30.3 Å². The molecule has 39 heteroatoms. The van der Waals surface area contributed by atoms with E-state index in [2.05, 4.69) is 79.4 Å². The maximum Gasteiger partial charge on any atom is 0.339 e. The van der Waals surface area contributed by atoms with Gasteiger partial charge in [-0.05, 0) is 87.7 Å². The number of anilines is 5. The fraction of sp³-hybridized carbons (Fsp3) is 0.256. The van der Waals surface area contributed by atoms with E-state index in [1.54, 1.807) is 95.2 Å². The quantitative estimate of drug-likeness (QED) is 0.0662. The van der Waals surface area contributed by atoms with Crippen LogP contribution >= 0.6 is 81.2 Å². The Morgan fingerprint density at radius 1 is 0.479 bits per heavy atom. The fourth-order valence-corrected chi connectivity index (χ4v) is 14.4. The van der Waals surface area contributed by atoms with Crippen LogP contribution in [0.25, 0.3) is 33.9 Å². The number of aldehydes is 1. The molecule has 18 heterocycles. The number of aryl methyl sites for hydroxylation is 2. The summed E-state index contributed by atoms with van der Waals surface area (Å²) < 4.78 is 37.3. The van der Waals surface area contributed by atoms with Crippen molar-refractivity contribution in [1.29, 1.82) is 0 Å². The Bertz CT molecular complexity index is 5760. The minimum absolute atomic E-state index is 0.0534. The largest absolute Gasteiger partial charge is 0.465 e. The number of halogens is 7. The predicted octanol–water partition coefficient (Wildman–Crippen LogP) is 13.5. The summed E-state index contributed by atoms with van der Waals surface area (Å²) in [5.41, 5.74) is 28.3. The second-order valence-electron chi connectivity index (χ2n) is 26.2. The van der Waals surface area contributed by atoms with Crippen molar-refractivity contribution < 1.29 is 43.2 Å². The Balaban J connectivity index is 0.000000129. The number of aliphatic hydroxyl groups excluding tert-OH is 1. The molecule has 15 aromatic rings. The van der Waals surface area contributed by atoms with Crippen LogP contribution in [0.15, 0.2) is 172 Å². The number of fused-ring (bicyclic) bond motifs is 6. The van der Waals surface area contributed by atoms with E-state index in [1.807, 2.05) is 105 Å². The molecule has 3 aliphatic rings. The number of nitrogens with zero attached hydrogens (tertiary/aromatic N) is 19. The fourth-order valence-electron chi connectivity index (χ4n) is 12.7. The van der Waals surface area contributed by atoms with E-state index < -0.39 is 11.9 Å². The molecule has 3 saturated heterocycles. The first-order valence-corrected chi connectivity index (χ1v) is 38.8. The van der Waals surface area contributed by atoms with Crippen LogP contribution in [0.2, 0.25) is 35.2 Å². The van der Waals surface area contributed by atoms with Gasteiger partial charge in [0, 0.05) is 196 Å². The van der Waals surface area contributed by atoms with Crippen LogP contribution < -0.4 is 32.3 Å². The minimum Gasteiger partial charge on any atom is -0.465 e. The summed E-state index contributed by atoms with van der Waals surface area (Å²) in [6, 6.07) is 16.3. The number of esters is 2. The Kier molecular flexibility index (Phi) is 29.3. The summed E-state index contributed by atoms with van der Waals surface area (Å²) >= 11 is 42.6. The lowest BCUT2D eigenvalue weighted by Crippen LogP contribution is -2.32. The molecule has 608 valence electrons. The van der Waals surface area contributed by atoms with Crippen molar-refractivity contribution in [2.24, 2.45) is 0 Å². The summed E-state index contributed by atoms with van der Waals surface area (Å²) in [6.07, 6.45) is 36.8. The third-order valence-corrected chi connectivity index (χ3v) is 20.5. The van der Waals surface area contributed by atoms with Crippen molar-refractivity contribution in [2.45, 2.75) is 57.8 Å². The molecule has 0 amide bonds. The van der Waals surface area contributed by atoms with Crippen LogP contribution in [0.3, 0.4) is 0 Å². The number of carbonyl (C=O) groups excluding carboxylic acids is 3. The number of imidazole rings is 6. The molecule has 3 unspecified atom stereocenters. The second kappa shape index (κ2) is 40.2. The highest BCUT2D eigenvalue weighted by Crippen LogP contribution is 2.37. The number of methoxy groups -OCH3 is 2. The van der Waals surface area contributed by atoms with Crippen LogP contribution in [0, 0.1) is 13.8 Å². The molecule has 0 aromatic carbocycles. The number of nitrogens with one attached hydrogen (secondary N) is 1. The standard InChI is InChI=1S/2C17H19ClN6O.C12H14ClN3O.C9H7ClN2O2.C8H7ClN2O.C8H5ClN2O.C7H7ClN2O2/c2*1-11-7-16(22-17(19)21-11)24-4-2-6-25-10-14(24)12-8-15-20-3-5-23(15)9-13(12)18;13-10-7-16-4-3-15-12(16)6-9(10)11-8-17-5-1-2-14-11;1-14-9(13)6-4-8-11-2-3-12(8)5-7(6)10;2*9-7-4-11-2-1-10-8(11)3-6(7)5-12;1-12-7(11)4-2-6(9)10-3-5(4)8/h2*3,5,7-9,14H,2,4,6,10H2,1H3,(H2,19,21,22);3-4,6-7,11,14H,1-2,5,8H2;2-5H,1H3;1-4,12H,5H2;1-5H;2-3H,1H3,(H2,9,10). The van der Waals surface area contributed by atoms with E-state index >= 15 is 0 Å². The summed E-state index contributed by atoms with van der Waals surface area (Å²) in [7, 11) is 2.59. The summed E-state index contributed by atoms with van der Waals surface area (Å²) in [6.45, 7) is 10.3. The van der Waals surface area contributed by atoms with Gasteiger partial charge in [0.1, 0.15) is 51.3 Å². The van der Waals surface area contributed by atoms with Crippen molar-refractivity contribution in [1.82, 2.24) is 86.5 Å². The van der Waals surface area contributed by atoms with E-state index in [0.717, 1.165) is 125 Å². The van der Waals surface area contributed by atoms with Gasteiger partial charge in [-0.1, -0.05) is 81.2 Å². The normalized spacial score (nSPS) is 15.4. The van der Waals surface area contributed by atoms with E-state index in [1.165, 1.54) is 26.5 Å². The van der Waals surface area contributed by atoms with Crippen molar-refractivity contribution >= 4 is 163 Å². The third kappa shape index (κ3) is 21.6. The molecule has 15 aromatic heterocycles. The molecule has 0 aliphatic carbocycles. The lowest BCUT2D eigenvalue weighted by Gasteiger charge is -2.31. The average molecular weight is 1730 g/mol. The third-order valence-electron chi connectivity index (χ3n) is 18.3. The Morgan fingerprint density at radius 3 is 1.32 bits per heavy atom. The van der Waals surface area contributed by atoms with Crippen molar-refractivity contribution in [3.8, 4) is 0 Å². The van der Waals surface area contributed by atoms with Gasteiger partial charge in [0.2, 0.25) is 11.9 Å². The topological polar surface area (TPSA) is 382 Å². The summed E-state index contributed by atoms with van der Waals surface area (Å²) in [5, 5.41) is 16.0. The molecule has 0 saturated carbocycles. The van der Waals surface area contributed by atoms with Crippen molar-refractivity contribution in [3.05, 3.63) is 258 Å². The number of aromatic nitrogens is 17. The maximum absolute atomic E-state index is 11.3. The highest BCUT2D eigenvalue weighted by Gasteiger charge is 2.30. The molecular formula is C78H78Cl7N23O9. The van der Waals surface area contributed by atoms with Gasteiger partial charge in [0.15, 0.2) is 6.29 Å². The molecule has 0 radical (unpaired) electrons. The molecule has 0 spiro atoms. The first-order chi connectivity index (χ1) is 56.6. The Labute approximate surface area is 703 Å². The number of aliphatic hydroxyl groups is 1. The van der Waals surface area contributed by atoms with Gasteiger partial charge in [-0.3, -0.25) is 4.79 Å².